The summed E-state index contributed by atoms with van der Waals surface area (Å²) in [6.45, 7) is 5.07. The number of hydrogen-bond acceptors (Lipinski definition) is 4. The summed E-state index contributed by atoms with van der Waals surface area (Å²) in [5, 5.41) is 18.2. The molecule has 1 atom stereocenters. The average molecular weight is 174 g/mol. The van der Waals surface area contributed by atoms with Crippen molar-refractivity contribution in [3.05, 3.63) is 12.2 Å². The molecule has 1 unspecified atom stereocenters. The number of hydrazine groups is 1. The Morgan fingerprint density at radius 3 is 2.50 bits per heavy atom. The molecular weight excluding hydrogens is 160 g/mol. The second kappa shape index (κ2) is 4.87. The maximum atomic E-state index is 10.4. The van der Waals surface area contributed by atoms with Crippen LogP contribution in [0.4, 0.5) is 0 Å². The fourth-order valence-electron chi connectivity index (χ4n) is 0.747. The minimum atomic E-state index is -1.14. The maximum absolute atomic E-state index is 10.4. The summed E-state index contributed by atoms with van der Waals surface area (Å²) in [6.07, 6.45) is 0. The number of rotatable bonds is 5. The molecule has 4 N–H and O–H groups in total. The van der Waals surface area contributed by atoms with Crippen molar-refractivity contribution in [2.75, 3.05) is 13.2 Å². The van der Waals surface area contributed by atoms with Gasteiger partial charge in [0.1, 0.15) is 6.04 Å². The molecule has 0 spiro atoms. The highest BCUT2D eigenvalue weighted by atomic mass is 16.4. The van der Waals surface area contributed by atoms with Gasteiger partial charge in [0.15, 0.2) is 0 Å². The molecule has 0 radical (unpaired) electrons. The van der Waals surface area contributed by atoms with Gasteiger partial charge in [0.05, 0.1) is 6.61 Å². The lowest BCUT2D eigenvalue weighted by molar-refractivity contribution is -0.144. The van der Waals surface area contributed by atoms with E-state index in [9.17, 15) is 4.79 Å². The van der Waals surface area contributed by atoms with Gasteiger partial charge in [-0.2, -0.15) is 0 Å². The first-order valence-corrected chi connectivity index (χ1v) is 3.48. The standard InChI is InChI=1S/C7H14N2O3/c1-5(2)3-9(8)6(4-10)7(11)12/h6,10H,1,3-4,8H2,2H3,(H,11,12). The van der Waals surface area contributed by atoms with E-state index in [2.05, 4.69) is 6.58 Å². The Balaban J connectivity index is 4.11. The molecule has 12 heavy (non-hydrogen) atoms. The van der Waals surface area contributed by atoms with Crippen molar-refractivity contribution in [3.63, 3.8) is 0 Å². The monoisotopic (exact) mass is 174 g/mol. The quantitative estimate of drug-likeness (QED) is 0.288. The van der Waals surface area contributed by atoms with Crippen LogP contribution in [0.1, 0.15) is 6.92 Å². The van der Waals surface area contributed by atoms with Crippen LogP contribution in [0.3, 0.4) is 0 Å². The number of aliphatic hydroxyl groups excluding tert-OH is 1. The Morgan fingerprint density at radius 2 is 2.25 bits per heavy atom. The molecule has 0 rings (SSSR count). The van der Waals surface area contributed by atoms with Crippen molar-refractivity contribution in [1.29, 1.82) is 0 Å². The van der Waals surface area contributed by atoms with Crippen LogP contribution in [0.15, 0.2) is 12.2 Å². The zero-order valence-corrected chi connectivity index (χ0v) is 7.03. The molecule has 0 saturated heterocycles. The highest BCUT2D eigenvalue weighted by Gasteiger charge is 2.21. The van der Waals surface area contributed by atoms with Gasteiger partial charge in [0.2, 0.25) is 0 Å². The smallest absolute Gasteiger partial charge is 0.324 e. The average Bonchev–Trinajstić information content (AvgIpc) is 1.85. The summed E-state index contributed by atoms with van der Waals surface area (Å²) < 4.78 is 0. The van der Waals surface area contributed by atoms with Crippen LogP contribution >= 0.6 is 0 Å². The highest BCUT2D eigenvalue weighted by molar-refractivity contribution is 5.73. The number of carbonyl (C=O) groups is 1. The van der Waals surface area contributed by atoms with Crippen molar-refractivity contribution < 1.29 is 15.0 Å². The molecule has 0 amide bonds. The molecular formula is C7H14N2O3. The SMILES string of the molecule is C=C(C)CN(N)C(CO)C(=O)O. The third kappa shape index (κ3) is 3.47. The fourth-order valence-corrected chi connectivity index (χ4v) is 0.747. The van der Waals surface area contributed by atoms with Gasteiger partial charge in [-0.1, -0.05) is 12.2 Å². The van der Waals surface area contributed by atoms with Crippen LogP contribution in [0, 0.1) is 0 Å². The zero-order chi connectivity index (χ0) is 9.72. The minimum absolute atomic E-state index is 0.261. The second-order valence-electron chi connectivity index (χ2n) is 2.67. The van der Waals surface area contributed by atoms with E-state index in [1.54, 1.807) is 6.92 Å². The molecule has 70 valence electrons. The lowest BCUT2D eigenvalue weighted by Crippen LogP contribution is -2.48. The lowest BCUT2D eigenvalue weighted by Gasteiger charge is -2.21. The third-order valence-electron chi connectivity index (χ3n) is 1.31. The van der Waals surface area contributed by atoms with E-state index in [1.807, 2.05) is 0 Å². The number of nitrogens with zero attached hydrogens (tertiary/aromatic N) is 1. The van der Waals surface area contributed by atoms with Gasteiger partial charge < -0.3 is 10.2 Å². The molecule has 5 heteroatoms. The highest BCUT2D eigenvalue weighted by Crippen LogP contribution is 1.97. The van der Waals surface area contributed by atoms with Crippen LogP contribution in [-0.2, 0) is 4.79 Å². The molecule has 0 saturated carbocycles. The summed E-state index contributed by atoms with van der Waals surface area (Å²) in [5.74, 6) is 4.22. The van der Waals surface area contributed by atoms with Crippen LogP contribution in [-0.4, -0.2) is 40.4 Å². The Labute approximate surface area is 71.1 Å². The van der Waals surface area contributed by atoms with Gasteiger partial charge in [0, 0.05) is 6.54 Å². The summed E-state index contributed by atoms with van der Waals surface area (Å²) in [4.78, 5) is 10.4. The Kier molecular flexibility index (Phi) is 4.50. The van der Waals surface area contributed by atoms with Gasteiger partial charge in [-0.05, 0) is 6.92 Å². The maximum Gasteiger partial charge on any atom is 0.324 e. The van der Waals surface area contributed by atoms with Crippen molar-refractivity contribution in [2.24, 2.45) is 5.84 Å². The number of aliphatic hydroxyl groups is 1. The van der Waals surface area contributed by atoms with Gasteiger partial charge >= 0.3 is 5.97 Å². The first kappa shape index (κ1) is 11.1. The Morgan fingerprint density at radius 1 is 1.75 bits per heavy atom. The molecule has 0 aliphatic heterocycles. The van der Waals surface area contributed by atoms with Gasteiger partial charge in [-0.3, -0.25) is 10.6 Å². The summed E-state index contributed by atoms with van der Waals surface area (Å²) >= 11 is 0. The lowest BCUT2D eigenvalue weighted by atomic mass is 10.2. The Bertz CT molecular complexity index is 181. The van der Waals surface area contributed by atoms with E-state index in [0.717, 1.165) is 10.6 Å². The first-order valence-electron chi connectivity index (χ1n) is 3.48. The number of carboxylic acids is 1. The zero-order valence-electron chi connectivity index (χ0n) is 7.03. The number of aliphatic carboxylic acids is 1. The van der Waals surface area contributed by atoms with Crippen molar-refractivity contribution in [1.82, 2.24) is 5.01 Å². The predicted octanol–water partition coefficient (Wildman–Crippen LogP) is -0.816. The first-order chi connectivity index (χ1) is 5.49. The van der Waals surface area contributed by atoms with E-state index < -0.39 is 18.6 Å². The molecule has 0 heterocycles. The van der Waals surface area contributed by atoms with Crippen LogP contribution in [0.25, 0.3) is 0 Å². The number of hydrogen-bond donors (Lipinski definition) is 3. The van der Waals surface area contributed by atoms with Crippen molar-refractivity contribution >= 4 is 5.97 Å². The van der Waals surface area contributed by atoms with E-state index >= 15 is 0 Å². The predicted molar refractivity (Wildman–Crippen MR) is 44.2 cm³/mol. The second-order valence-corrected chi connectivity index (χ2v) is 2.67. The Hall–Kier alpha value is -0.910. The number of nitrogens with two attached hydrogens (primary N) is 1. The van der Waals surface area contributed by atoms with Crippen LogP contribution < -0.4 is 5.84 Å². The van der Waals surface area contributed by atoms with E-state index in [1.165, 1.54) is 0 Å². The summed E-state index contributed by atoms with van der Waals surface area (Å²) in [6, 6.07) is -1.05. The molecule has 0 bridgehead atoms. The number of carboxylic acid groups (broad SMARTS) is 1. The van der Waals surface area contributed by atoms with Crippen molar-refractivity contribution in [3.8, 4) is 0 Å². The van der Waals surface area contributed by atoms with Crippen LogP contribution in [0.2, 0.25) is 0 Å². The van der Waals surface area contributed by atoms with E-state index in [0.29, 0.717) is 0 Å². The summed E-state index contributed by atoms with van der Waals surface area (Å²) in [7, 11) is 0. The molecule has 0 aromatic heterocycles. The molecule has 5 nitrogen and oxygen atoms in total. The van der Waals surface area contributed by atoms with Gasteiger partial charge in [-0.25, -0.2) is 5.01 Å². The normalized spacial score (nSPS) is 13.0. The fraction of sp³-hybridized carbons (Fsp3) is 0.571. The van der Waals surface area contributed by atoms with E-state index in [4.69, 9.17) is 16.1 Å². The minimum Gasteiger partial charge on any atom is -0.480 e. The van der Waals surface area contributed by atoms with Gasteiger partial charge in [0.25, 0.3) is 0 Å². The van der Waals surface area contributed by atoms with E-state index in [-0.39, 0.29) is 6.54 Å². The van der Waals surface area contributed by atoms with Crippen LogP contribution in [0.5, 0.6) is 0 Å². The molecule has 0 aliphatic carbocycles. The molecule has 0 fully saturated rings. The molecule has 0 aliphatic rings. The molecule has 0 aromatic rings. The summed E-state index contributed by atoms with van der Waals surface area (Å²) in [5.41, 5.74) is 0.747. The third-order valence-corrected chi connectivity index (χ3v) is 1.31. The van der Waals surface area contributed by atoms with Crippen molar-refractivity contribution in [2.45, 2.75) is 13.0 Å². The molecule has 0 aromatic carbocycles. The largest absolute Gasteiger partial charge is 0.480 e. The topological polar surface area (TPSA) is 86.8 Å². The van der Waals surface area contributed by atoms with Gasteiger partial charge in [-0.15, -0.1) is 0 Å².